The SMILES string of the molecule is CCn1c(SCC(=O)NN=C(C)c2cccnc2)nnc1-c1ccc(C)cc1. The molecule has 0 fully saturated rings. The quantitative estimate of drug-likeness (QED) is 0.378. The van der Waals surface area contributed by atoms with Crippen molar-refractivity contribution in [2.75, 3.05) is 5.75 Å². The van der Waals surface area contributed by atoms with Gasteiger partial charge in [-0.05, 0) is 26.8 Å². The van der Waals surface area contributed by atoms with Crippen molar-refractivity contribution in [3.05, 3.63) is 59.9 Å². The smallest absolute Gasteiger partial charge is 0.250 e. The second kappa shape index (κ2) is 9.27. The summed E-state index contributed by atoms with van der Waals surface area (Å²) in [6.45, 7) is 6.63. The summed E-state index contributed by atoms with van der Waals surface area (Å²) in [7, 11) is 0. The van der Waals surface area contributed by atoms with E-state index in [0.29, 0.717) is 10.9 Å². The van der Waals surface area contributed by atoms with Crippen LogP contribution in [0.4, 0.5) is 0 Å². The van der Waals surface area contributed by atoms with Crippen molar-refractivity contribution in [2.24, 2.45) is 5.10 Å². The molecular formula is C20H22N6OS. The summed E-state index contributed by atoms with van der Waals surface area (Å²) in [5, 5.41) is 13.4. The number of hydrogen-bond donors (Lipinski definition) is 1. The van der Waals surface area contributed by atoms with Crippen molar-refractivity contribution in [3.8, 4) is 11.4 Å². The maximum Gasteiger partial charge on any atom is 0.250 e. The largest absolute Gasteiger partial charge is 0.302 e. The van der Waals surface area contributed by atoms with E-state index in [4.69, 9.17) is 0 Å². The second-order valence-corrected chi connectivity index (χ2v) is 7.12. The zero-order valence-electron chi connectivity index (χ0n) is 16.1. The number of benzene rings is 1. The van der Waals surface area contributed by atoms with Gasteiger partial charge in [0, 0.05) is 30.1 Å². The number of pyridine rings is 1. The molecule has 0 atom stereocenters. The Morgan fingerprint density at radius 1 is 1.21 bits per heavy atom. The molecule has 1 aromatic carbocycles. The van der Waals surface area contributed by atoms with E-state index in [1.807, 2.05) is 61.7 Å². The molecule has 0 saturated carbocycles. The van der Waals surface area contributed by atoms with E-state index in [-0.39, 0.29) is 11.7 Å². The number of nitrogens with one attached hydrogen (secondary N) is 1. The lowest BCUT2D eigenvalue weighted by atomic mass is 10.1. The third kappa shape index (κ3) is 4.83. The van der Waals surface area contributed by atoms with Crippen LogP contribution in [0.25, 0.3) is 11.4 Å². The molecule has 28 heavy (non-hydrogen) atoms. The molecule has 0 radical (unpaired) electrons. The lowest BCUT2D eigenvalue weighted by molar-refractivity contribution is -0.118. The van der Waals surface area contributed by atoms with Crippen molar-refractivity contribution in [2.45, 2.75) is 32.5 Å². The van der Waals surface area contributed by atoms with Gasteiger partial charge in [-0.2, -0.15) is 5.10 Å². The van der Waals surface area contributed by atoms with Gasteiger partial charge in [-0.25, -0.2) is 5.43 Å². The second-order valence-electron chi connectivity index (χ2n) is 6.18. The zero-order chi connectivity index (χ0) is 19.9. The molecule has 1 amide bonds. The molecule has 144 valence electrons. The van der Waals surface area contributed by atoms with E-state index in [9.17, 15) is 4.79 Å². The first kappa shape index (κ1) is 19.8. The number of aromatic nitrogens is 4. The van der Waals surface area contributed by atoms with E-state index in [1.54, 1.807) is 12.4 Å². The number of thioether (sulfide) groups is 1. The highest BCUT2D eigenvalue weighted by atomic mass is 32.2. The Hall–Kier alpha value is -3.00. The van der Waals surface area contributed by atoms with Gasteiger partial charge in [0.05, 0.1) is 11.5 Å². The van der Waals surface area contributed by atoms with Crippen LogP contribution in [0.5, 0.6) is 0 Å². The molecule has 2 heterocycles. The van der Waals surface area contributed by atoms with Crippen LogP contribution in [0, 0.1) is 6.92 Å². The number of rotatable bonds is 7. The van der Waals surface area contributed by atoms with Gasteiger partial charge in [0.25, 0.3) is 5.91 Å². The van der Waals surface area contributed by atoms with Gasteiger partial charge in [-0.3, -0.25) is 9.78 Å². The first-order valence-electron chi connectivity index (χ1n) is 8.95. The number of aryl methyl sites for hydroxylation is 1. The molecular weight excluding hydrogens is 372 g/mol. The van der Waals surface area contributed by atoms with E-state index in [2.05, 4.69) is 25.7 Å². The van der Waals surface area contributed by atoms with Crippen LogP contribution in [0.3, 0.4) is 0 Å². The Kier molecular flexibility index (Phi) is 6.54. The minimum Gasteiger partial charge on any atom is -0.302 e. The van der Waals surface area contributed by atoms with E-state index < -0.39 is 0 Å². The first-order chi connectivity index (χ1) is 13.6. The van der Waals surface area contributed by atoms with Crippen LogP contribution in [0.15, 0.2) is 59.0 Å². The summed E-state index contributed by atoms with van der Waals surface area (Å²) < 4.78 is 2.01. The molecule has 0 spiro atoms. The molecule has 3 aromatic rings. The van der Waals surface area contributed by atoms with Gasteiger partial charge in [0.1, 0.15) is 0 Å². The molecule has 0 aliphatic rings. The summed E-state index contributed by atoms with van der Waals surface area (Å²) in [5.74, 6) is 0.808. The minimum atomic E-state index is -0.198. The molecule has 7 nitrogen and oxygen atoms in total. The van der Waals surface area contributed by atoms with Gasteiger partial charge in [-0.15, -0.1) is 10.2 Å². The molecule has 0 aliphatic carbocycles. The van der Waals surface area contributed by atoms with Gasteiger partial charge in [0.2, 0.25) is 0 Å². The fourth-order valence-corrected chi connectivity index (χ4v) is 3.34. The molecule has 0 bridgehead atoms. The van der Waals surface area contributed by atoms with E-state index >= 15 is 0 Å². The predicted molar refractivity (Wildman–Crippen MR) is 111 cm³/mol. The highest BCUT2D eigenvalue weighted by Gasteiger charge is 2.14. The Morgan fingerprint density at radius 2 is 2.00 bits per heavy atom. The van der Waals surface area contributed by atoms with Crippen molar-refractivity contribution in [1.82, 2.24) is 25.2 Å². The number of hydrogen-bond acceptors (Lipinski definition) is 6. The average Bonchev–Trinajstić information content (AvgIpc) is 3.14. The number of carbonyl (C=O) groups excluding carboxylic acids is 1. The Morgan fingerprint density at radius 3 is 2.68 bits per heavy atom. The fourth-order valence-electron chi connectivity index (χ4n) is 2.55. The first-order valence-corrected chi connectivity index (χ1v) is 9.93. The molecule has 1 N–H and O–H groups in total. The summed E-state index contributed by atoms with van der Waals surface area (Å²) in [4.78, 5) is 16.2. The van der Waals surface area contributed by atoms with Crippen molar-refractivity contribution >= 4 is 23.4 Å². The van der Waals surface area contributed by atoms with Gasteiger partial charge in [0.15, 0.2) is 11.0 Å². The number of carbonyl (C=O) groups is 1. The highest BCUT2D eigenvalue weighted by Crippen LogP contribution is 2.24. The summed E-state index contributed by atoms with van der Waals surface area (Å²) in [5.41, 5.74) is 6.34. The molecule has 8 heteroatoms. The maximum absolute atomic E-state index is 12.2. The molecule has 0 aliphatic heterocycles. The Bertz CT molecular complexity index is 966. The molecule has 0 saturated heterocycles. The third-order valence-corrected chi connectivity index (χ3v) is 5.07. The summed E-state index contributed by atoms with van der Waals surface area (Å²) in [6, 6.07) is 11.9. The van der Waals surface area contributed by atoms with Crippen molar-refractivity contribution in [3.63, 3.8) is 0 Å². The fraction of sp³-hybridized carbons (Fsp3) is 0.250. The third-order valence-electron chi connectivity index (χ3n) is 4.10. The normalized spacial score (nSPS) is 11.5. The van der Waals surface area contributed by atoms with Crippen molar-refractivity contribution < 1.29 is 4.79 Å². The lowest BCUT2D eigenvalue weighted by Gasteiger charge is -2.07. The molecule has 2 aromatic heterocycles. The highest BCUT2D eigenvalue weighted by molar-refractivity contribution is 7.99. The van der Waals surface area contributed by atoms with Crippen LogP contribution in [0.1, 0.15) is 25.0 Å². The Balaban J connectivity index is 1.63. The monoisotopic (exact) mass is 394 g/mol. The summed E-state index contributed by atoms with van der Waals surface area (Å²) >= 11 is 1.34. The van der Waals surface area contributed by atoms with Crippen LogP contribution < -0.4 is 5.43 Å². The average molecular weight is 395 g/mol. The maximum atomic E-state index is 12.2. The molecule has 0 unspecified atom stereocenters. The minimum absolute atomic E-state index is 0.198. The predicted octanol–water partition coefficient (Wildman–Crippen LogP) is 3.30. The lowest BCUT2D eigenvalue weighted by Crippen LogP contribution is -2.21. The van der Waals surface area contributed by atoms with Gasteiger partial charge < -0.3 is 4.57 Å². The topological polar surface area (TPSA) is 85.1 Å². The molecule has 3 rings (SSSR count). The Labute approximate surface area is 168 Å². The van der Waals surface area contributed by atoms with Crippen LogP contribution in [-0.2, 0) is 11.3 Å². The zero-order valence-corrected chi connectivity index (χ0v) is 16.9. The summed E-state index contributed by atoms with van der Waals surface area (Å²) in [6.07, 6.45) is 3.40. The number of nitrogens with zero attached hydrogens (tertiary/aromatic N) is 5. The van der Waals surface area contributed by atoms with Gasteiger partial charge >= 0.3 is 0 Å². The van der Waals surface area contributed by atoms with E-state index in [0.717, 1.165) is 23.5 Å². The van der Waals surface area contributed by atoms with Gasteiger partial charge in [-0.1, -0.05) is 47.7 Å². The van der Waals surface area contributed by atoms with Crippen LogP contribution in [0.2, 0.25) is 0 Å². The van der Waals surface area contributed by atoms with Crippen molar-refractivity contribution in [1.29, 1.82) is 0 Å². The van der Waals surface area contributed by atoms with Crippen LogP contribution in [-0.4, -0.2) is 37.1 Å². The number of amides is 1. The van der Waals surface area contributed by atoms with Crippen LogP contribution >= 0.6 is 11.8 Å². The van der Waals surface area contributed by atoms with E-state index in [1.165, 1.54) is 17.3 Å². The standard InChI is InChI=1S/C20H22N6OS/c1-4-26-19(16-9-7-14(2)8-10-16)24-25-20(26)28-13-18(27)23-22-15(3)17-6-5-11-21-12-17/h5-12H,4,13H2,1-3H3,(H,23,27). The number of hydrazone groups is 1.